The van der Waals surface area contributed by atoms with Crippen LogP contribution in [0.25, 0.3) is 11.5 Å². The highest BCUT2D eigenvalue weighted by Crippen LogP contribution is 2.20. The van der Waals surface area contributed by atoms with Crippen LogP contribution in [0.5, 0.6) is 5.75 Å². The molecule has 0 fully saturated rings. The standard InChI is InChI=1S/C11H13N3O3/c1-16-4-2-3-10-13-11(17-14-10)8-5-9(15)7-12-6-8/h5-7,15H,2-4H2,1H3. The molecule has 2 rings (SSSR count). The summed E-state index contributed by atoms with van der Waals surface area (Å²) in [7, 11) is 1.65. The SMILES string of the molecule is COCCCc1noc(-c2cncc(O)c2)n1. The van der Waals surface area contributed by atoms with E-state index >= 15 is 0 Å². The Morgan fingerprint density at radius 2 is 2.29 bits per heavy atom. The molecule has 0 aliphatic rings. The van der Waals surface area contributed by atoms with Gasteiger partial charge in [-0.25, -0.2) is 0 Å². The predicted molar refractivity (Wildman–Crippen MR) is 59.4 cm³/mol. The third-order valence-corrected chi connectivity index (χ3v) is 2.19. The van der Waals surface area contributed by atoms with E-state index in [1.807, 2.05) is 0 Å². The lowest BCUT2D eigenvalue weighted by Crippen LogP contribution is -1.94. The average Bonchev–Trinajstić information content (AvgIpc) is 2.78. The lowest BCUT2D eigenvalue weighted by atomic mass is 10.2. The van der Waals surface area contributed by atoms with Crippen LogP contribution in [-0.2, 0) is 11.2 Å². The smallest absolute Gasteiger partial charge is 0.259 e. The van der Waals surface area contributed by atoms with Gasteiger partial charge in [0.2, 0.25) is 0 Å². The van der Waals surface area contributed by atoms with E-state index in [9.17, 15) is 5.11 Å². The quantitative estimate of drug-likeness (QED) is 0.789. The Kier molecular flexibility index (Phi) is 3.66. The van der Waals surface area contributed by atoms with Gasteiger partial charge in [0.05, 0.1) is 11.8 Å². The van der Waals surface area contributed by atoms with Gasteiger partial charge in [0.15, 0.2) is 5.82 Å². The maximum Gasteiger partial charge on any atom is 0.259 e. The Morgan fingerprint density at radius 1 is 1.41 bits per heavy atom. The van der Waals surface area contributed by atoms with Crippen LogP contribution in [0.1, 0.15) is 12.2 Å². The molecule has 0 unspecified atom stereocenters. The molecular formula is C11H13N3O3. The molecule has 0 bridgehead atoms. The van der Waals surface area contributed by atoms with Crippen molar-refractivity contribution in [1.29, 1.82) is 0 Å². The van der Waals surface area contributed by atoms with Gasteiger partial charge >= 0.3 is 0 Å². The van der Waals surface area contributed by atoms with Crippen LogP contribution < -0.4 is 0 Å². The van der Waals surface area contributed by atoms with Crippen molar-refractivity contribution < 1.29 is 14.4 Å². The number of pyridine rings is 1. The van der Waals surface area contributed by atoms with Crippen LogP contribution in [0.15, 0.2) is 23.0 Å². The minimum absolute atomic E-state index is 0.0710. The molecule has 0 amide bonds. The summed E-state index contributed by atoms with van der Waals surface area (Å²) in [5.74, 6) is 1.06. The first-order valence-electron chi connectivity index (χ1n) is 5.25. The molecule has 0 saturated heterocycles. The lowest BCUT2D eigenvalue weighted by Gasteiger charge is -1.94. The molecule has 0 aliphatic heterocycles. The summed E-state index contributed by atoms with van der Waals surface area (Å²) < 4.78 is 10.0. The summed E-state index contributed by atoms with van der Waals surface area (Å²) in [5, 5.41) is 13.1. The number of hydrogen-bond donors (Lipinski definition) is 1. The topological polar surface area (TPSA) is 81.3 Å². The zero-order chi connectivity index (χ0) is 12.1. The van der Waals surface area contributed by atoms with Gasteiger partial charge in [0, 0.05) is 26.3 Å². The van der Waals surface area contributed by atoms with Gasteiger partial charge in [-0.2, -0.15) is 4.98 Å². The molecule has 2 heterocycles. The van der Waals surface area contributed by atoms with Crippen molar-refractivity contribution in [2.24, 2.45) is 0 Å². The van der Waals surface area contributed by atoms with Gasteiger partial charge in [0.25, 0.3) is 5.89 Å². The first-order chi connectivity index (χ1) is 8.29. The highest BCUT2D eigenvalue weighted by Gasteiger charge is 2.09. The second kappa shape index (κ2) is 5.40. The van der Waals surface area contributed by atoms with E-state index in [1.54, 1.807) is 13.3 Å². The molecule has 0 spiro atoms. The van der Waals surface area contributed by atoms with E-state index in [4.69, 9.17) is 9.26 Å². The fraction of sp³-hybridized carbons (Fsp3) is 0.364. The normalized spacial score (nSPS) is 10.6. The Morgan fingerprint density at radius 3 is 3.06 bits per heavy atom. The molecule has 90 valence electrons. The number of nitrogens with zero attached hydrogens (tertiary/aromatic N) is 3. The first kappa shape index (κ1) is 11.5. The molecule has 2 aromatic rings. The lowest BCUT2D eigenvalue weighted by molar-refractivity contribution is 0.194. The zero-order valence-corrected chi connectivity index (χ0v) is 9.46. The summed E-state index contributed by atoms with van der Waals surface area (Å²) in [5.41, 5.74) is 0.607. The van der Waals surface area contributed by atoms with E-state index in [-0.39, 0.29) is 5.75 Å². The van der Waals surface area contributed by atoms with Crippen molar-refractivity contribution in [3.8, 4) is 17.2 Å². The maximum atomic E-state index is 9.29. The van der Waals surface area contributed by atoms with Crippen LogP contribution in [0.2, 0.25) is 0 Å². The summed E-state index contributed by atoms with van der Waals surface area (Å²) in [6, 6.07) is 1.53. The molecule has 6 heteroatoms. The van der Waals surface area contributed by atoms with Gasteiger partial charge in [-0.3, -0.25) is 4.98 Å². The number of aromatic hydroxyl groups is 1. The fourth-order valence-electron chi connectivity index (χ4n) is 1.39. The largest absolute Gasteiger partial charge is 0.506 e. The van der Waals surface area contributed by atoms with E-state index in [1.165, 1.54) is 12.3 Å². The monoisotopic (exact) mass is 235 g/mol. The predicted octanol–water partition coefficient (Wildman–Crippen LogP) is 1.42. The second-order valence-corrected chi connectivity index (χ2v) is 3.54. The number of aromatic nitrogens is 3. The van der Waals surface area contributed by atoms with Gasteiger partial charge < -0.3 is 14.4 Å². The molecule has 0 aliphatic carbocycles. The van der Waals surface area contributed by atoms with Crippen molar-refractivity contribution in [1.82, 2.24) is 15.1 Å². The molecular weight excluding hydrogens is 222 g/mol. The van der Waals surface area contributed by atoms with E-state index < -0.39 is 0 Å². The fourth-order valence-corrected chi connectivity index (χ4v) is 1.39. The third-order valence-electron chi connectivity index (χ3n) is 2.19. The van der Waals surface area contributed by atoms with E-state index in [2.05, 4.69) is 15.1 Å². The Balaban J connectivity index is 2.07. The average molecular weight is 235 g/mol. The molecule has 2 aromatic heterocycles. The number of rotatable bonds is 5. The Bertz CT molecular complexity index is 484. The minimum Gasteiger partial charge on any atom is -0.506 e. The summed E-state index contributed by atoms with van der Waals surface area (Å²) in [6.07, 6.45) is 4.45. The Labute approximate surface area is 98.3 Å². The third kappa shape index (κ3) is 3.01. The molecule has 0 saturated carbocycles. The van der Waals surface area contributed by atoms with Crippen LogP contribution in [0.3, 0.4) is 0 Å². The van der Waals surface area contributed by atoms with Gasteiger partial charge in [-0.1, -0.05) is 5.16 Å². The minimum atomic E-state index is 0.0710. The first-order valence-corrected chi connectivity index (χ1v) is 5.25. The molecule has 17 heavy (non-hydrogen) atoms. The van der Waals surface area contributed by atoms with Crippen LogP contribution >= 0.6 is 0 Å². The van der Waals surface area contributed by atoms with Crippen molar-refractivity contribution >= 4 is 0 Å². The summed E-state index contributed by atoms with van der Waals surface area (Å²) in [6.45, 7) is 0.664. The van der Waals surface area contributed by atoms with Crippen molar-refractivity contribution in [2.45, 2.75) is 12.8 Å². The van der Waals surface area contributed by atoms with Crippen molar-refractivity contribution in [3.05, 3.63) is 24.3 Å². The molecule has 0 aromatic carbocycles. The molecule has 1 N–H and O–H groups in total. The van der Waals surface area contributed by atoms with Crippen molar-refractivity contribution in [2.75, 3.05) is 13.7 Å². The molecule has 6 nitrogen and oxygen atoms in total. The van der Waals surface area contributed by atoms with Crippen LogP contribution in [0, 0.1) is 0 Å². The van der Waals surface area contributed by atoms with Crippen LogP contribution in [0.4, 0.5) is 0 Å². The zero-order valence-electron chi connectivity index (χ0n) is 9.46. The molecule has 0 atom stereocenters. The maximum absolute atomic E-state index is 9.29. The highest BCUT2D eigenvalue weighted by atomic mass is 16.5. The number of hydrogen-bond acceptors (Lipinski definition) is 6. The number of ether oxygens (including phenoxy) is 1. The second-order valence-electron chi connectivity index (χ2n) is 3.54. The molecule has 0 radical (unpaired) electrons. The Hall–Kier alpha value is -1.95. The number of methoxy groups -OCH3 is 1. The van der Waals surface area contributed by atoms with Gasteiger partial charge in [0.1, 0.15) is 5.75 Å². The van der Waals surface area contributed by atoms with Crippen LogP contribution in [-0.4, -0.2) is 33.9 Å². The summed E-state index contributed by atoms with van der Waals surface area (Å²) in [4.78, 5) is 8.06. The van der Waals surface area contributed by atoms with Crippen molar-refractivity contribution in [3.63, 3.8) is 0 Å². The van der Waals surface area contributed by atoms with Gasteiger partial charge in [-0.05, 0) is 12.5 Å². The van der Waals surface area contributed by atoms with Gasteiger partial charge in [-0.15, -0.1) is 0 Å². The highest BCUT2D eigenvalue weighted by molar-refractivity contribution is 5.53. The van der Waals surface area contributed by atoms with E-state index in [0.29, 0.717) is 30.3 Å². The summed E-state index contributed by atoms with van der Waals surface area (Å²) >= 11 is 0. The van der Waals surface area contributed by atoms with E-state index in [0.717, 1.165) is 6.42 Å². The number of aryl methyl sites for hydroxylation is 1.